The Labute approximate surface area is 155 Å². The van der Waals surface area contributed by atoms with Crippen LogP contribution in [0.15, 0.2) is 18.2 Å². The van der Waals surface area contributed by atoms with Crippen LogP contribution in [0.25, 0.3) is 0 Å². The Kier molecular flexibility index (Phi) is 4.78. The molecule has 1 fully saturated rings. The zero-order valence-corrected chi connectivity index (χ0v) is 15.6. The van der Waals surface area contributed by atoms with Crippen LogP contribution in [0.2, 0.25) is 0 Å². The summed E-state index contributed by atoms with van der Waals surface area (Å²) in [6.45, 7) is 2.88. The maximum atomic E-state index is 13.0. The standard InChI is InChI=1S/C18H22N4O3S/c1-25-18(24)14-10-12-11-21(8-3-9-22(12)20-14)17(23)16-6-5-15(26-16)13-4-2-7-19-13/h5-6,10,13,19H,2-4,7-9,11H2,1H3. The summed E-state index contributed by atoms with van der Waals surface area (Å²) >= 11 is 1.58. The summed E-state index contributed by atoms with van der Waals surface area (Å²) < 4.78 is 6.55. The van der Waals surface area contributed by atoms with E-state index in [0.717, 1.165) is 30.0 Å². The fourth-order valence-electron chi connectivity index (χ4n) is 3.58. The Morgan fingerprint density at radius 2 is 2.19 bits per heavy atom. The van der Waals surface area contributed by atoms with Crippen molar-refractivity contribution in [1.29, 1.82) is 0 Å². The number of carbonyl (C=O) groups excluding carboxylic acids is 2. The summed E-state index contributed by atoms with van der Waals surface area (Å²) in [5.74, 6) is -0.399. The molecule has 1 atom stereocenters. The maximum Gasteiger partial charge on any atom is 0.358 e. The molecule has 138 valence electrons. The van der Waals surface area contributed by atoms with Crippen LogP contribution < -0.4 is 5.32 Å². The first kappa shape index (κ1) is 17.2. The zero-order valence-electron chi connectivity index (χ0n) is 14.7. The lowest BCUT2D eigenvalue weighted by atomic mass is 10.2. The van der Waals surface area contributed by atoms with E-state index < -0.39 is 5.97 Å². The van der Waals surface area contributed by atoms with E-state index in [1.54, 1.807) is 17.4 Å². The van der Waals surface area contributed by atoms with Crippen LogP contribution >= 0.6 is 11.3 Å². The number of aromatic nitrogens is 2. The Bertz CT molecular complexity index is 822. The van der Waals surface area contributed by atoms with Gasteiger partial charge in [-0.15, -0.1) is 11.3 Å². The van der Waals surface area contributed by atoms with Crippen molar-refractivity contribution in [2.45, 2.75) is 38.4 Å². The smallest absolute Gasteiger partial charge is 0.358 e. The van der Waals surface area contributed by atoms with Gasteiger partial charge in [-0.3, -0.25) is 9.48 Å². The van der Waals surface area contributed by atoms with Gasteiger partial charge in [-0.05, 0) is 44.0 Å². The number of nitrogens with one attached hydrogen (secondary N) is 1. The van der Waals surface area contributed by atoms with Gasteiger partial charge in [-0.2, -0.15) is 5.10 Å². The molecule has 26 heavy (non-hydrogen) atoms. The van der Waals surface area contributed by atoms with Crippen LogP contribution in [0, 0.1) is 0 Å². The quantitative estimate of drug-likeness (QED) is 0.834. The van der Waals surface area contributed by atoms with Crippen LogP contribution in [0.5, 0.6) is 0 Å². The predicted octanol–water partition coefficient (Wildman–Crippen LogP) is 2.20. The highest BCUT2D eigenvalue weighted by molar-refractivity contribution is 7.14. The van der Waals surface area contributed by atoms with Gasteiger partial charge in [0.05, 0.1) is 24.2 Å². The first-order valence-corrected chi connectivity index (χ1v) is 9.75. The summed E-state index contributed by atoms with van der Waals surface area (Å²) in [4.78, 5) is 28.5. The molecule has 1 amide bonds. The fraction of sp³-hybridized carbons (Fsp3) is 0.500. The molecule has 4 heterocycles. The van der Waals surface area contributed by atoms with Gasteiger partial charge < -0.3 is 15.0 Å². The zero-order chi connectivity index (χ0) is 18.1. The Hall–Kier alpha value is -2.19. The average molecular weight is 374 g/mol. The molecule has 1 saturated heterocycles. The number of ether oxygens (including phenoxy) is 1. The molecule has 0 spiro atoms. The van der Waals surface area contributed by atoms with Crippen LogP contribution in [-0.2, 0) is 17.8 Å². The lowest BCUT2D eigenvalue weighted by molar-refractivity contribution is 0.0593. The maximum absolute atomic E-state index is 13.0. The first-order valence-electron chi connectivity index (χ1n) is 8.93. The summed E-state index contributed by atoms with van der Waals surface area (Å²) in [7, 11) is 1.34. The molecule has 0 radical (unpaired) electrons. The van der Waals surface area contributed by atoms with Crippen LogP contribution in [0.3, 0.4) is 0 Å². The molecule has 1 unspecified atom stereocenters. The molecule has 2 aromatic rings. The molecular formula is C18H22N4O3S. The minimum absolute atomic E-state index is 0.0496. The van der Waals surface area contributed by atoms with E-state index in [-0.39, 0.29) is 5.91 Å². The van der Waals surface area contributed by atoms with Crippen molar-refractivity contribution in [3.63, 3.8) is 0 Å². The molecule has 0 aromatic carbocycles. The van der Waals surface area contributed by atoms with Crippen LogP contribution in [-0.4, -0.2) is 46.8 Å². The monoisotopic (exact) mass is 374 g/mol. The number of hydrogen-bond donors (Lipinski definition) is 1. The van der Waals surface area contributed by atoms with E-state index in [9.17, 15) is 9.59 Å². The van der Waals surface area contributed by atoms with Gasteiger partial charge in [-0.25, -0.2) is 4.79 Å². The van der Waals surface area contributed by atoms with Crippen molar-refractivity contribution in [1.82, 2.24) is 20.0 Å². The lowest BCUT2D eigenvalue weighted by Gasteiger charge is -2.19. The number of carbonyl (C=O) groups is 2. The number of aryl methyl sites for hydroxylation is 1. The molecule has 2 aliphatic heterocycles. The third-order valence-corrected chi connectivity index (χ3v) is 6.12. The summed E-state index contributed by atoms with van der Waals surface area (Å²) in [5.41, 5.74) is 1.16. The Balaban J connectivity index is 1.51. The number of rotatable bonds is 3. The van der Waals surface area contributed by atoms with E-state index in [4.69, 9.17) is 4.74 Å². The van der Waals surface area contributed by atoms with E-state index >= 15 is 0 Å². The second kappa shape index (κ2) is 7.20. The second-order valence-corrected chi connectivity index (χ2v) is 7.78. The molecule has 1 N–H and O–H groups in total. The van der Waals surface area contributed by atoms with E-state index in [1.165, 1.54) is 18.4 Å². The number of fused-ring (bicyclic) bond motifs is 1. The molecule has 0 aliphatic carbocycles. The topological polar surface area (TPSA) is 76.5 Å². The van der Waals surface area contributed by atoms with Gasteiger partial charge in [0.2, 0.25) is 0 Å². The highest BCUT2D eigenvalue weighted by atomic mass is 32.1. The average Bonchev–Trinajstić information content (AvgIpc) is 3.38. The predicted molar refractivity (Wildman–Crippen MR) is 97.2 cm³/mol. The minimum Gasteiger partial charge on any atom is -0.464 e. The van der Waals surface area contributed by atoms with Crippen molar-refractivity contribution in [2.75, 3.05) is 20.2 Å². The van der Waals surface area contributed by atoms with Gasteiger partial charge in [0.1, 0.15) is 0 Å². The van der Waals surface area contributed by atoms with E-state index in [0.29, 0.717) is 31.4 Å². The van der Waals surface area contributed by atoms with Crippen molar-refractivity contribution >= 4 is 23.2 Å². The number of hydrogen-bond acceptors (Lipinski definition) is 6. The Morgan fingerprint density at radius 1 is 1.31 bits per heavy atom. The van der Waals surface area contributed by atoms with Crippen LogP contribution in [0.4, 0.5) is 0 Å². The molecule has 0 bridgehead atoms. The van der Waals surface area contributed by atoms with Crippen molar-refractivity contribution in [3.8, 4) is 0 Å². The van der Waals surface area contributed by atoms with Gasteiger partial charge in [0.15, 0.2) is 5.69 Å². The highest BCUT2D eigenvalue weighted by Gasteiger charge is 2.25. The SMILES string of the molecule is COC(=O)c1cc2n(n1)CCCN(C(=O)c1ccc(C3CCCN3)s1)C2. The molecule has 2 aromatic heterocycles. The number of amides is 1. The first-order chi connectivity index (χ1) is 12.7. The molecule has 4 rings (SSSR count). The van der Waals surface area contributed by atoms with Gasteiger partial charge in [0.25, 0.3) is 5.91 Å². The minimum atomic E-state index is -0.449. The van der Waals surface area contributed by atoms with Gasteiger partial charge in [0, 0.05) is 24.0 Å². The normalized spacial score (nSPS) is 19.9. The Morgan fingerprint density at radius 3 is 2.96 bits per heavy atom. The summed E-state index contributed by atoms with van der Waals surface area (Å²) in [5, 5.41) is 7.78. The number of esters is 1. The fourth-order valence-corrected chi connectivity index (χ4v) is 4.66. The van der Waals surface area contributed by atoms with Crippen LogP contribution in [0.1, 0.15) is 56.0 Å². The largest absolute Gasteiger partial charge is 0.464 e. The molecule has 0 saturated carbocycles. The number of thiophene rings is 1. The summed E-state index contributed by atoms with van der Waals surface area (Å²) in [6, 6.07) is 6.11. The summed E-state index contributed by atoms with van der Waals surface area (Å²) in [6.07, 6.45) is 3.13. The highest BCUT2D eigenvalue weighted by Crippen LogP contribution is 2.30. The molecule has 8 heteroatoms. The lowest BCUT2D eigenvalue weighted by Crippen LogP contribution is -2.30. The van der Waals surface area contributed by atoms with Crippen molar-refractivity contribution in [3.05, 3.63) is 39.3 Å². The van der Waals surface area contributed by atoms with Gasteiger partial charge >= 0.3 is 5.97 Å². The third-order valence-electron chi connectivity index (χ3n) is 4.94. The number of nitrogens with zero attached hydrogens (tertiary/aromatic N) is 3. The number of methoxy groups -OCH3 is 1. The molecule has 2 aliphatic rings. The molecular weight excluding hydrogens is 352 g/mol. The van der Waals surface area contributed by atoms with Crippen molar-refractivity contribution < 1.29 is 14.3 Å². The molecule has 7 nitrogen and oxygen atoms in total. The third kappa shape index (κ3) is 3.26. The van der Waals surface area contributed by atoms with E-state index in [1.807, 2.05) is 15.6 Å². The second-order valence-electron chi connectivity index (χ2n) is 6.67. The van der Waals surface area contributed by atoms with E-state index in [2.05, 4.69) is 16.5 Å². The van der Waals surface area contributed by atoms with Crippen molar-refractivity contribution in [2.24, 2.45) is 0 Å². The van der Waals surface area contributed by atoms with Gasteiger partial charge in [-0.1, -0.05) is 0 Å².